The highest BCUT2D eigenvalue weighted by Crippen LogP contribution is 2.35. The molecule has 0 radical (unpaired) electrons. The molecule has 0 aromatic carbocycles. The Kier molecular flexibility index (Phi) is 29.4. The minimum absolute atomic E-state index is 0.833. The predicted octanol–water partition coefficient (Wildman–Crippen LogP) is 11.4. The van der Waals surface area contributed by atoms with E-state index in [2.05, 4.69) is 118 Å². The lowest BCUT2D eigenvalue weighted by Gasteiger charge is -2.27. The van der Waals surface area contributed by atoms with Crippen molar-refractivity contribution in [2.75, 3.05) is 0 Å². The Hall–Kier alpha value is 0. The zero-order chi connectivity index (χ0) is 25.0. The summed E-state index contributed by atoms with van der Waals surface area (Å²) in [6.07, 6.45) is 5.78. The van der Waals surface area contributed by atoms with Crippen molar-refractivity contribution in [1.82, 2.24) is 0 Å². The molecule has 0 aromatic rings. The molecule has 5 atom stereocenters. The number of rotatable bonds is 0. The minimum Gasteiger partial charge on any atom is -0.0630 e. The molecule has 0 spiro atoms. The van der Waals surface area contributed by atoms with Gasteiger partial charge in [-0.3, -0.25) is 0 Å². The van der Waals surface area contributed by atoms with Crippen molar-refractivity contribution >= 4 is 0 Å². The van der Waals surface area contributed by atoms with E-state index in [1.165, 1.54) is 25.7 Å². The van der Waals surface area contributed by atoms with Gasteiger partial charge in [0, 0.05) is 0 Å². The topological polar surface area (TPSA) is 0 Å². The largest absolute Gasteiger partial charge is 0.0630 e. The maximum Gasteiger partial charge on any atom is -0.0391 e. The van der Waals surface area contributed by atoms with Crippen LogP contribution in [0, 0.1) is 53.3 Å². The molecule has 1 rings (SSSR count). The zero-order valence-corrected chi connectivity index (χ0v) is 25.0. The first-order valence-corrected chi connectivity index (χ1v) is 13.4. The Balaban J connectivity index is -0.000000174. The summed E-state index contributed by atoms with van der Waals surface area (Å²) in [6.45, 7) is 38.2. The van der Waals surface area contributed by atoms with Crippen molar-refractivity contribution in [2.45, 2.75) is 143 Å². The van der Waals surface area contributed by atoms with Crippen LogP contribution >= 0.6 is 0 Å². The van der Waals surface area contributed by atoms with Crippen molar-refractivity contribution in [1.29, 1.82) is 0 Å². The molecular weight excluding hydrogens is 360 g/mol. The van der Waals surface area contributed by atoms with Gasteiger partial charge in [0.2, 0.25) is 0 Å². The molecular formula is C30H68. The van der Waals surface area contributed by atoms with E-state index in [-0.39, 0.29) is 0 Å². The van der Waals surface area contributed by atoms with Gasteiger partial charge in [-0.2, -0.15) is 0 Å². The average molecular weight is 429 g/mol. The lowest BCUT2D eigenvalue weighted by Crippen LogP contribution is -2.18. The Bertz CT molecular complexity index is 264. The van der Waals surface area contributed by atoms with Crippen LogP contribution in [0.3, 0.4) is 0 Å². The zero-order valence-electron chi connectivity index (χ0n) is 25.0. The van der Waals surface area contributed by atoms with E-state index in [1.807, 2.05) is 0 Å². The molecule has 0 aromatic heterocycles. The third-order valence-corrected chi connectivity index (χ3v) is 4.83. The van der Waals surface area contributed by atoms with Crippen LogP contribution in [0.15, 0.2) is 0 Å². The highest BCUT2D eigenvalue weighted by molar-refractivity contribution is 4.75. The monoisotopic (exact) mass is 429 g/mol. The molecule has 5 unspecified atom stereocenters. The maximum atomic E-state index is 2.46. The van der Waals surface area contributed by atoms with Crippen LogP contribution in [0.1, 0.15) is 143 Å². The first-order valence-electron chi connectivity index (χ1n) is 13.4. The van der Waals surface area contributed by atoms with E-state index in [0.29, 0.717) is 0 Å². The average Bonchev–Trinajstić information content (AvgIpc) is 2.54. The highest BCUT2D eigenvalue weighted by atomic mass is 14.3. The van der Waals surface area contributed by atoms with E-state index < -0.39 is 0 Å². The molecule has 30 heavy (non-hydrogen) atoms. The van der Waals surface area contributed by atoms with Crippen molar-refractivity contribution in [3.8, 4) is 0 Å². The van der Waals surface area contributed by atoms with Crippen molar-refractivity contribution in [3.63, 3.8) is 0 Å². The SMILES string of the molecule is CC(C)C.CC(C)C.CC(C)C.CC(C)C.CC1CCCC(C)C(C)C(C)CC1C. The molecule has 0 N–H and O–H groups in total. The van der Waals surface area contributed by atoms with Crippen LogP contribution in [0.2, 0.25) is 0 Å². The van der Waals surface area contributed by atoms with Crippen LogP contribution in [0.4, 0.5) is 0 Å². The van der Waals surface area contributed by atoms with E-state index in [4.69, 9.17) is 0 Å². The Labute approximate surface area is 196 Å². The van der Waals surface area contributed by atoms with Crippen molar-refractivity contribution < 1.29 is 0 Å². The lowest BCUT2D eigenvalue weighted by molar-refractivity contribution is 0.228. The second-order valence-corrected chi connectivity index (χ2v) is 12.9. The molecule has 1 aliphatic carbocycles. The fraction of sp³-hybridized carbons (Fsp3) is 1.00. The first-order chi connectivity index (χ1) is 13.4. The molecule has 0 saturated heterocycles. The molecule has 0 bridgehead atoms. The molecule has 1 fully saturated rings. The van der Waals surface area contributed by atoms with Gasteiger partial charge in [-0.05, 0) is 59.7 Å². The highest BCUT2D eigenvalue weighted by Gasteiger charge is 2.25. The van der Waals surface area contributed by atoms with Gasteiger partial charge in [-0.15, -0.1) is 0 Å². The third-order valence-electron chi connectivity index (χ3n) is 4.83. The van der Waals surface area contributed by atoms with Gasteiger partial charge >= 0.3 is 0 Å². The second kappa shape index (κ2) is 23.7. The summed E-state index contributed by atoms with van der Waals surface area (Å²) in [5.41, 5.74) is 0. The second-order valence-electron chi connectivity index (χ2n) is 12.9. The van der Waals surface area contributed by atoms with Gasteiger partial charge in [-0.1, -0.05) is 137 Å². The van der Waals surface area contributed by atoms with Gasteiger partial charge in [0.05, 0.1) is 0 Å². The maximum absolute atomic E-state index is 2.46. The molecule has 188 valence electrons. The van der Waals surface area contributed by atoms with Gasteiger partial charge < -0.3 is 0 Å². The van der Waals surface area contributed by atoms with Crippen molar-refractivity contribution in [3.05, 3.63) is 0 Å². The molecule has 0 aliphatic heterocycles. The van der Waals surface area contributed by atoms with Crippen LogP contribution in [0.5, 0.6) is 0 Å². The molecule has 1 saturated carbocycles. The fourth-order valence-corrected chi connectivity index (χ4v) is 2.90. The van der Waals surface area contributed by atoms with Crippen LogP contribution < -0.4 is 0 Å². The summed E-state index contributed by atoms with van der Waals surface area (Å²) in [5, 5.41) is 0. The summed E-state index contributed by atoms with van der Waals surface area (Å²) in [6, 6.07) is 0. The van der Waals surface area contributed by atoms with Crippen LogP contribution in [-0.2, 0) is 0 Å². The molecule has 0 amide bonds. The Morgan fingerprint density at radius 2 is 0.667 bits per heavy atom. The third kappa shape index (κ3) is 42.2. The van der Waals surface area contributed by atoms with Crippen LogP contribution in [0.25, 0.3) is 0 Å². The van der Waals surface area contributed by atoms with E-state index in [9.17, 15) is 0 Å². The van der Waals surface area contributed by atoms with Crippen molar-refractivity contribution in [2.24, 2.45) is 53.3 Å². The summed E-state index contributed by atoms with van der Waals surface area (Å²) in [4.78, 5) is 0. The molecule has 0 nitrogen and oxygen atoms in total. The van der Waals surface area contributed by atoms with E-state index in [0.717, 1.165) is 53.3 Å². The number of hydrogen-bond acceptors (Lipinski definition) is 0. The fourth-order valence-electron chi connectivity index (χ4n) is 2.90. The summed E-state index contributed by atoms with van der Waals surface area (Å²) < 4.78 is 0. The molecule has 1 aliphatic rings. The van der Waals surface area contributed by atoms with Gasteiger partial charge in [0.15, 0.2) is 0 Å². The van der Waals surface area contributed by atoms with Crippen LogP contribution in [-0.4, -0.2) is 0 Å². The van der Waals surface area contributed by atoms with Gasteiger partial charge in [0.1, 0.15) is 0 Å². The smallest absolute Gasteiger partial charge is 0.0391 e. The summed E-state index contributed by atoms with van der Waals surface area (Å²) in [5.74, 6) is 7.97. The predicted molar refractivity (Wildman–Crippen MR) is 146 cm³/mol. The van der Waals surface area contributed by atoms with E-state index >= 15 is 0 Å². The van der Waals surface area contributed by atoms with E-state index in [1.54, 1.807) is 0 Å². The van der Waals surface area contributed by atoms with Gasteiger partial charge in [-0.25, -0.2) is 0 Å². The Morgan fingerprint density at radius 3 is 0.967 bits per heavy atom. The van der Waals surface area contributed by atoms with Gasteiger partial charge in [0.25, 0.3) is 0 Å². The quantitative estimate of drug-likeness (QED) is 0.359. The number of hydrogen-bond donors (Lipinski definition) is 0. The standard InChI is InChI=1S/C14H28.4C4H10/c1-10-7-6-8-11(2)14(5)13(4)9-12(10)3;4*1-4(2)3/h10-14H,6-9H2,1-5H3;4*4H,1-3H3. The molecule has 0 heterocycles. The first kappa shape index (κ1) is 37.3. The molecule has 0 heteroatoms. The normalized spacial score (nSPS) is 26.5. The minimum atomic E-state index is 0.833. The Morgan fingerprint density at radius 1 is 0.400 bits per heavy atom. The summed E-state index contributed by atoms with van der Waals surface area (Å²) >= 11 is 0. The lowest BCUT2D eigenvalue weighted by atomic mass is 9.78. The summed E-state index contributed by atoms with van der Waals surface area (Å²) in [7, 11) is 0.